The minimum Gasteiger partial charge on any atom is -0.299 e. The van der Waals surface area contributed by atoms with Gasteiger partial charge in [-0.3, -0.25) is 9.78 Å². The third kappa shape index (κ3) is 1.77. The average Bonchev–Trinajstić information content (AvgIpc) is 2.20. The Kier molecular flexibility index (Phi) is 2.39. The molecule has 0 N–H and O–H groups in total. The number of hydrogen-bond acceptors (Lipinski definition) is 2. The highest BCUT2D eigenvalue weighted by Gasteiger charge is 2.23. The molecule has 0 aliphatic heterocycles. The Morgan fingerprint density at radius 3 is 3.00 bits per heavy atom. The van der Waals surface area contributed by atoms with Crippen molar-refractivity contribution in [1.29, 1.82) is 0 Å². The molecular weight excluding hydrogens is 162 g/mol. The van der Waals surface area contributed by atoms with Gasteiger partial charge < -0.3 is 0 Å². The van der Waals surface area contributed by atoms with E-state index in [2.05, 4.69) is 4.98 Å². The van der Waals surface area contributed by atoms with Gasteiger partial charge in [-0.05, 0) is 24.5 Å². The third-order valence-corrected chi connectivity index (χ3v) is 2.64. The Morgan fingerprint density at radius 2 is 2.31 bits per heavy atom. The summed E-state index contributed by atoms with van der Waals surface area (Å²) in [4.78, 5) is 15.6. The predicted octanol–water partition coefficient (Wildman–Crippen LogP) is 2.31. The van der Waals surface area contributed by atoms with Gasteiger partial charge in [0.25, 0.3) is 0 Å². The number of hydrogen-bond donors (Lipinski definition) is 0. The van der Waals surface area contributed by atoms with E-state index in [9.17, 15) is 4.79 Å². The van der Waals surface area contributed by atoms with Crippen LogP contribution in [0.1, 0.15) is 37.2 Å². The lowest BCUT2D eigenvalue weighted by Gasteiger charge is -2.19. The van der Waals surface area contributed by atoms with Crippen molar-refractivity contribution in [2.45, 2.75) is 31.6 Å². The van der Waals surface area contributed by atoms with E-state index < -0.39 is 0 Å². The monoisotopic (exact) mass is 175 g/mol. The van der Waals surface area contributed by atoms with Crippen molar-refractivity contribution in [3.05, 3.63) is 30.1 Å². The molecule has 0 bridgehead atoms. The van der Waals surface area contributed by atoms with Crippen LogP contribution >= 0.6 is 0 Å². The van der Waals surface area contributed by atoms with Crippen molar-refractivity contribution in [3.8, 4) is 0 Å². The Hall–Kier alpha value is -1.18. The Morgan fingerprint density at radius 1 is 1.38 bits per heavy atom. The lowest BCUT2D eigenvalue weighted by Crippen LogP contribution is -2.16. The molecule has 13 heavy (non-hydrogen) atoms. The van der Waals surface area contributed by atoms with E-state index in [4.69, 9.17) is 0 Å². The normalized spacial score (nSPS) is 23.1. The van der Waals surface area contributed by atoms with Crippen LogP contribution in [0.3, 0.4) is 0 Å². The molecule has 1 atom stereocenters. The van der Waals surface area contributed by atoms with E-state index in [1.165, 1.54) is 6.42 Å². The number of Topliss-reactive ketones (excluding diaryl/α,β-unsaturated/α-hetero) is 1. The zero-order chi connectivity index (χ0) is 9.10. The summed E-state index contributed by atoms with van der Waals surface area (Å²) in [5, 5.41) is 0. The molecule has 2 heteroatoms. The molecule has 0 radical (unpaired) electrons. The maximum absolute atomic E-state index is 11.6. The topological polar surface area (TPSA) is 30.0 Å². The van der Waals surface area contributed by atoms with Crippen molar-refractivity contribution in [2.75, 3.05) is 0 Å². The van der Waals surface area contributed by atoms with E-state index in [-0.39, 0.29) is 5.92 Å². The highest BCUT2D eigenvalue weighted by molar-refractivity contribution is 5.86. The van der Waals surface area contributed by atoms with Crippen LogP contribution in [0.4, 0.5) is 0 Å². The average molecular weight is 175 g/mol. The quantitative estimate of drug-likeness (QED) is 0.655. The molecule has 0 aromatic carbocycles. The van der Waals surface area contributed by atoms with Crippen LogP contribution in [-0.4, -0.2) is 10.8 Å². The number of pyridine rings is 1. The number of carbonyl (C=O) groups is 1. The molecule has 0 amide bonds. The van der Waals surface area contributed by atoms with Crippen LogP contribution in [0, 0.1) is 0 Å². The molecule has 1 saturated carbocycles. The second-order valence-corrected chi connectivity index (χ2v) is 3.55. The van der Waals surface area contributed by atoms with Gasteiger partial charge in [0, 0.05) is 24.7 Å². The third-order valence-electron chi connectivity index (χ3n) is 2.64. The van der Waals surface area contributed by atoms with Crippen LogP contribution in [0.25, 0.3) is 0 Å². The van der Waals surface area contributed by atoms with Gasteiger partial charge in [0.15, 0.2) is 0 Å². The number of rotatable bonds is 1. The largest absolute Gasteiger partial charge is 0.299 e. The fourth-order valence-corrected chi connectivity index (χ4v) is 1.92. The molecule has 0 saturated heterocycles. The van der Waals surface area contributed by atoms with Crippen LogP contribution < -0.4 is 0 Å². The van der Waals surface area contributed by atoms with Gasteiger partial charge in [-0.2, -0.15) is 0 Å². The lowest BCUT2D eigenvalue weighted by molar-refractivity contribution is -0.121. The molecule has 1 aromatic heterocycles. The van der Waals surface area contributed by atoms with E-state index in [0.717, 1.165) is 24.8 Å². The SMILES string of the molecule is O=C1CCCCC1c1cccnc1. The summed E-state index contributed by atoms with van der Waals surface area (Å²) in [7, 11) is 0. The van der Waals surface area contributed by atoms with Crippen molar-refractivity contribution in [3.63, 3.8) is 0 Å². The molecule has 0 spiro atoms. The molecule has 1 aliphatic rings. The van der Waals surface area contributed by atoms with Crippen molar-refractivity contribution >= 4 is 5.78 Å². The highest BCUT2D eigenvalue weighted by atomic mass is 16.1. The number of nitrogens with zero attached hydrogens (tertiary/aromatic N) is 1. The van der Waals surface area contributed by atoms with Crippen molar-refractivity contribution in [2.24, 2.45) is 0 Å². The zero-order valence-corrected chi connectivity index (χ0v) is 7.57. The molecule has 1 heterocycles. The first-order chi connectivity index (χ1) is 6.38. The predicted molar refractivity (Wildman–Crippen MR) is 50.5 cm³/mol. The fourth-order valence-electron chi connectivity index (χ4n) is 1.92. The Labute approximate surface area is 78.0 Å². The first-order valence-electron chi connectivity index (χ1n) is 4.80. The number of ketones is 1. The van der Waals surface area contributed by atoms with Crippen LogP contribution in [0.5, 0.6) is 0 Å². The smallest absolute Gasteiger partial charge is 0.140 e. The summed E-state index contributed by atoms with van der Waals surface area (Å²) < 4.78 is 0. The first-order valence-corrected chi connectivity index (χ1v) is 4.80. The van der Waals surface area contributed by atoms with Gasteiger partial charge in [-0.15, -0.1) is 0 Å². The standard InChI is InChI=1S/C11H13NO/c13-11-6-2-1-5-10(11)9-4-3-7-12-8-9/h3-4,7-8,10H,1-2,5-6H2. The second kappa shape index (κ2) is 3.69. The Balaban J connectivity index is 2.20. The molecule has 1 unspecified atom stereocenters. The maximum Gasteiger partial charge on any atom is 0.140 e. The van der Waals surface area contributed by atoms with E-state index in [1.807, 2.05) is 18.3 Å². The molecule has 2 rings (SSSR count). The van der Waals surface area contributed by atoms with Gasteiger partial charge in [-0.25, -0.2) is 0 Å². The highest BCUT2D eigenvalue weighted by Crippen LogP contribution is 2.28. The summed E-state index contributed by atoms with van der Waals surface area (Å²) >= 11 is 0. The fraction of sp³-hybridized carbons (Fsp3) is 0.455. The van der Waals surface area contributed by atoms with Gasteiger partial charge in [0.2, 0.25) is 0 Å². The summed E-state index contributed by atoms with van der Waals surface area (Å²) in [6.45, 7) is 0. The van der Waals surface area contributed by atoms with Gasteiger partial charge in [0.05, 0.1) is 0 Å². The molecular formula is C11H13NO. The van der Waals surface area contributed by atoms with Gasteiger partial charge >= 0.3 is 0 Å². The van der Waals surface area contributed by atoms with E-state index in [0.29, 0.717) is 5.78 Å². The molecule has 1 fully saturated rings. The van der Waals surface area contributed by atoms with Gasteiger partial charge in [-0.1, -0.05) is 12.5 Å². The van der Waals surface area contributed by atoms with Crippen molar-refractivity contribution in [1.82, 2.24) is 4.98 Å². The van der Waals surface area contributed by atoms with Crippen LogP contribution in [0.2, 0.25) is 0 Å². The number of carbonyl (C=O) groups excluding carboxylic acids is 1. The summed E-state index contributed by atoms with van der Waals surface area (Å²) in [5.41, 5.74) is 1.09. The lowest BCUT2D eigenvalue weighted by atomic mass is 9.84. The van der Waals surface area contributed by atoms with E-state index >= 15 is 0 Å². The zero-order valence-electron chi connectivity index (χ0n) is 7.57. The summed E-state index contributed by atoms with van der Waals surface area (Å²) in [6, 6.07) is 3.90. The molecule has 2 nitrogen and oxygen atoms in total. The minimum atomic E-state index is 0.127. The molecule has 1 aliphatic carbocycles. The van der Waals surface area contributed by atoms with Gasteiger partial charge in [0.1, 0.15) is 5.78 Å². The van der Waals surface area contributed by atoms with E-state index in [1.54, 1.807) is 6.20 Å². The van der Waals surface area contributed by atoms with Crippen molar-refractivity contribution < 1.29 is 4.79 Å². The first kappa shape index (κ1) is 8.42. The summed E-state index contributed by atoms with van der Waals surface area (Å²) in [6.07, 6.45) is 7.55. The van der Waals surface area contributed by atoms with Crippen LogP contribution in [0.15, 0.2) is 24.5 Å². The number of aromatic nitrogens is 1. The Bertz CT molecular complexity index is 294. The summed E-state index contributed by atoms with van der Waals surface area (Å²) in [5.74, 6) is 0.515. The molecule has 68 valence electrons. The maximum atomic E-state index is 11.6. The minimum absolute atomic E-state index is 0.127. The molecule has 1 aromatic rings. The second-order valence-electron chi connectivity index (χ2n) is 3.55. The van der Waals surface area contributed by atoms with Crippen LogP contribution in [-0.2, 0) is 4.79 Å².